The van der Waals surface area contributed by atoms with Gasteiger partial charge < -0.3 is 5.73 Å². The summed E-state index contributed by atoms with van der Waals surface area (Å²) in [4.78, 5) is 24.7. The number of nitrogen functional groups attached to an aromatic ring is 1. The van der Waals surface area contributed by atoms with Gasteiger partial charge in [-0.25, -0.2) is 9.18 Å². The molecule has 1 aromatic heterocycles. The number of aromatic nitrogens is 2. The van der Waals surface area contributed by atoms with E-state index in [1.54, 1.807) is 0 Å². The molecule has 0 aliphatic carbocycles. The first-order valence-electron chi connectivity index (χ1n) is 5.00. The van der Waals surface area contributed by atoms with Gasteiger partial charge in [0.1, 0.15) is 11.5 Å². The zero-order valence-corrected chi connectivity index (χ0v) is 9.87. The fourth-order valence-electron chi connectivity index (χ4n) is 1.48. The number of hydrogen-bond donors (Lipinski definition) is 2. The second-order valence-electron chi connectivity index (χ2n) is 3.71. The zero-order chi connectivity index (χ0) is 13.3. The van der Waals surface area contributed by atoms with Crippen molar-refractivity contribution >= 4 is 17.3 Å². The van der Waals surface area contributed by atoms with Gasteiger partial charge in [0, 0.05) is 11.2 Å². The fraction of sp³-hybridized carbons (Fsp3) is 0.0909. The summed E-state index contributed by atoms with van der Waals surface area (Å²) in [5, 5.41) is 0.201. The largest absolute Gasteiger partial charge is 0.393 e. The Morgan fingerprint density at radius 1 is 1.39 bits per heavy atom. The lowest BCUT2D eigenvalue weighted by molar-refractivity contribution is 0.625. The molecule has 0 radical (unpaired) electrons. The van der Waals surface area contributed by atoms with Gasteiger partial charge in [0.2, 0.25) is 0 Å². The Kier molecular flexibility index (Phi) is 3.20. The Morgan fingerprint density at radius 3 is 2.78 bits per heavy atom. The van der Waals surface area contributed by atoms with Crippen LogP contribution in [0.3, 0.4) is 0 Å². The maximum absolute atomic E-state index is 12.9. The Morgan fingerprint density at radius 2 is 2.11 bits per heavy atom. The van der Waals surface area contributed by atoms with Crippen LogP contribution in [0, 0.1) is 5.82 Å². The van der Waals surface area contributed by atoms with Crippen LogP contribution >= 0.6 is 11.6 Å². The summed E-state index contributed by atoms with van der Waals surface area (Å²) in [6, 6.07) is 3.85. The molecule has 0 saturated carbocycles. The molecule has 5 nitrogen and oxygen atoms in total. The number of hydrogen-bond acceptors (Lipinski definition) is 3. The third-order valence-electron chi connectivity index (χ3n) is 2.39. The SMILES string of the molecule is Nc1cn(Cc2ccc(F)cc2Cl)c(=O)[nH]c1=O. The molecule has 0 amide bonds. The molecule has 7 heteroatoms. The molecule has 0 aliphatic heterocycles. The molecule has 18 heavy (non-hydrogen) atoms. The van der Waals surface area contributed by atoms with Crippen LogP contribution < -0.4 is 17.0 Å². The second kappa shape index (κ2) is 4.66. The van der Waals surface area contributed by atoms with Gasteiger partial charge >= 0.3 is 5.69 Å². The molecule has 2 rings (SSSR count). The summed E-state index contributed by atoms with van der Waals surface area (Å²) >= 11 is 5.84. The molecule has 0 unspecified atom stereocenters. The van der Waals surface area contributed by atoms with Crippen LogP contribution in [-0.2, 0) is 6.54 Å². The standard InChI is InChI=1S/C11H9ClFN3O2/c12-8-3-7(13)2-1-6(8)4-16-5-9(14)10(17)15-11(16)18/h1-3,5H,4,14H2,(H,15,17,18). The van der Waals surface area contributed by atoms with E-state index in [0.29, 0.717) is 5.56 Å². The second-order valence-corrected chi connectivity index (χ2v) is 4.11. The minimum absolute atomic E-state index is 0.0761. The minimum Gasteiger partial charge on any atom is -0.393 e. The molecular formula is C11H9ClFN3O2. The quantitative estimate of drug-likeness (QED) is 0.852. The molecule has 0 bridgehead atoms. The average molecular weight is 270 g/mol. The van der Waals surface area contributed by atoms with Gasteiger partial charge in [-0.1, -0.05) is 17.7 Å². The number of H-pyrrole nitrogens is 1. The van der Waals surface area contributed by atoms with Crippen molar-refractivity contribution in [3.05, 3.63) is 61.6 Å². The van der Waals surface area contributed by atoms with Crippen molar-refractivity contribution in [2.24, 2.45) is 0 Å². The average Bonchev–Trinajstić information content (AvgIpc) is 2.29. The van der Waals surface area contributed by atoms with Crippen LogP contribution in [-0.4, -0.2) is 9.55 Å². The number of nitrogens with zero attached hydrogens (tertiary/aromatic N) is 1. The molecule has 0 spiro atoms. The summed E-state index contributed by atoms with van der Waals surface area (Å²) < 4.78 is 14.1. The van der Waals surface area contributed by atoms with Crippen molar-refractivity contribution in [3.63, 3.8) is 0 Å². The lowest BCUT2D eigenvalue weighted by Crippen LogP contribution is -2.31. The number of anilines is 1. The van der Waals surface area contributed by atoms with E-state index >= 15 is 0 Å². The first kappa shape index (κ1) is 12.4. The third-order valence-corrected chi connectivity index (χ3v) is 2.75. The van der Waals surface area contributed by atoms with Crippen LogP contribution in [0.15, 0.2) is 34.0 Å². The summed E-state index contributed by atoms with van der Waals surface area (Å²) in [6.07, 6.45) is 1.22. The number of rotatable bonds is 2. The van der Waals surface area contributed by atoms with Gasteiger partial charge in [-0.3, -0.25) is 14.3 Å². The highest BCUT2D eigenvalue weighted by Gasteiger charge is 2.06. The highest BCUT2D eigenvalue weighted by atomic mass is 35.5. The Labute approximate surface area is 106 Å². The van der Waals surface area contributed by atoms with Crippen LogP contribution in [0.25, 0.3) is 0 Å². The first-order valence-corrected chi connectivity index (χ1v) is 5.38. The van der Waals surface area contributed by atoms with Gasteiger partial charge in [0.25, 0.3) is 5.56 Å². The summed E-state index contributed by atoms with van der Waals surface area (Å²) in [5.74, 6) is -0.461. The predicted molar refractivity (Wildman–Crippen MR) is 66.2 cm³/mol. The Hall–Kier alpha value is -2.08. The van der Waals surface area contributed by atoms with E-state index in [2.05, 4.69) is 4.98 Å². The minimum atomic E-state index is -0.638. The summed E-state index contributed by atoms with van der Waals surface area (Å²) in [7, 11) is 0. The van der Waals surface area contributed by atoms with Gasteiger partial charge in [0.15, 0.2) is 0 Å². The first-order chi connectivity index (χ1) is 8.47. The van der Waals surface area contributed by atoms with Crippen molar-refractivity contribution < 1.29 is 4.39 Å². The van der Waals surface area contributed by atoms with Crippen LogP contribution in [0.4, 0.5) is 10.1 Å². The van der Waals surface area contributed by atoms with Crippen molar-refractivity contribution in [2.45, 2.75) is 6.54 Å². The number of benzene rings is 1. The van der Waals surface area contributed by atoms with Crippen molar-refractivity contribution in [1.29, 1.82) is 0 Å². The zero-order valence-electron chi connectivity index (χ0n) is 9.11. The Balaban J connectivity index is 2.43. The molecule has 1 aromatic carbocycles. The van der Waals surface area contributed by atoms with Crippen molar-refractivity contribution in [1.82, 2.24) is 9.55 Å². The molecule has 0 fully saturated rings. The van der Waals surface area contributed by atoms with E-state index in [-0.39, 0.29) is 17.3 Å². The lowest BCUT2D eigenvalue weighted by Gasteiger charge is -2.07. The van der Waals surface area contributed by atoms with E-state index in [0.717, 1.165) is 6.07 Å². The molecule has 94 valence electrons. The predicted octanol–water partition coefficient (Wildman–Crippen LogP) is 0.960. The maximum Gasteiger partial charge on any atom is 0.328 e. The van der Waals surface area contributed by atoms with Crippen molar-refractivity contribution in [3.8, 4) is 0 Å². The summed E-state index contributed by atoms with van der Waals surface area (Å²) in [6.45, 7) is 0.0962. The molecule has 1 heterocycles. The van der Waals surface area contributed by atoms with E-state index in [1.165, 1.54) is 22.9 Å². The Bertz CT molecular complexity index is 708. The van der Waals surface area contributed by atoms with Crippen molar-refractivity contribution in [2.75, 3.05) is 5.73 Å². The smallest absolute Gasteiger partial charge is 0.328 e. The monoisotopic (exact) mass is 269 g/mol. The number of nitrogens with two attached hydrogens (primary N) is 1. The summed E-state index contributed by atoms with van der Waals surface area (Å²) in [5.41, 5.74) is 4.64. The third kappa shape index (κ3) is 2.43. The van der Waals surface area contributed by atoms with Gasteiger partial charge in [0.05, 0.1) is 6.54 Å². The highest BCUT2D eigenvalue weighted by molar-refractivity contribution is 6.31. The number of halogens is 2. The van der Waals surface area contributed by atoms with E-state index in [1.807, 2.05) is 0 Å². The molecule has 0 saturated heterocycles. The van der Waals surface area contributed by atoms with E-state index in [9.17, 15) is 14.0 Å². The van der Waals surface area contributed by atoms with Gasteiger partial charge in [-0.05, 0) is 17.7 Å². The topological polar surface area (TPSA) is 80.9 Å². The highest BCUT2D eigenvalue weighted by Crippen LogP contribution is 2.17. The van der Waals surface area contributed by atoms with Crippen LogP contribution in [0.1, 0.15) is 5.56 Å². The lowest BCUT2D eigenvalue weighted by atomic mass is 10.2. The molecule has 3 N–H and O–H groups in total. The fourth-order valence-corrected chi connectivity index (χ4v) is 1.70. The van der Waals surface area contributed by atoms with Crippen LogP contribution in [0.5, 0.6) is 0 Å². The van der Waals surface area contributed by atoms with Gasteiger partial charge in [-0.15, -0.1) is 0 Å². The molecule has 2 aromatic rings. The normalized spacial score (nSPS) is 10.6. The van der Waals surface area contributed by atoms with Gasteiger partial charge in [-0.2, -0.15) is 0 Å². The van der Waals surface area contributed by atoms with Crippen LogP contribution in [0.2, 0.25) is 5.02 Å². The number of nitrogens with one attached hydrogen (secondary N) is 1. The molecular weight excluding hydrogens is 261 g/mol. The molecule has 0 atom stereocenters. The van der Waals surface area contributed by atoms with E-state index < -0.39 is 17.1 Å². The number of aromatic amines is 1. The maximum atomic E-state index is 12.9. The van der Waals surface area contributed by atoms with E-state index in [4.69, 9.17) is 17.3 Å². The molecule has 0 aliphatic rings.